The van der Waals surface area contributed by atoms with Crippen molar-refractivity contribution in [1.29, 1.82) is 0 Å². The van der Waals surface area contributed by atoms with Gasteiger partial charge in [-0.2, -0.15) is 13.9 Å². The Morgan fingerprint density at radius 3 is 2.53 bits per heavy atom. The molecule has 2 aromatic rings. The number of nitrogens with zero attached hydrogens (tertiary/aromatic N) is 2. The minimum atomic E-state index is -4.02. The number of nitrogens with two attached hydrogens (primary N) is 2. The Balaban J connectivity index is 2.61. The van der Waals surface area contributed by atoms with Gasteiger partial charge in [0.2, 0.25) is 10.0 Å². The molecule has 19 heavy (non-hydrogen) atoms. The summed E-state index contributed by atoms with van der Waals surface area (Å²) in [6, 6.07) is 4.01. The van der Waals surface area contributed by atoms with E-state index in [-0.39, 0.29) is 21.7 Å². The van der Waals surface area contributed by atoms with Gasteiger partial charge in [-0.15, -0.1) is 0 Å². The molecule has 0 bridgehead atoms. The zero-order valence-electron chi connectivity index (χ0n) is 9.49. The number of sulfonamides is 1. The van der Waals surface area contributed by atoms with E-state index in [9.17, 15) is 17.2 Å². The highest BCUT2D eigenvalue weighted by Crippen LogP contribution is 2.28. The van der Waals surface area contributed by atoms with Crippen molar-refractivity contribution in [2.75, 3.05) is 5.73 Å². The van der Waals surface area contributed by atoms with Gasteiger partial charge in [-0.1, -0.05) is 6.07 Å². The summed E-state index contributed by atoms with van der Waals surface area (Å²) in [5.74, 6) is 0. The average Bonchev–Trinajstić information content (AvgIpc) is 2.77. The van der Waals surface area contributed by atoms with E-state index in [2.05, 4.69) is 5.10 Å². The zero-order valence-corrected chi connectivity index (χ0v) is 10.3. The van der Waals surface area contributed by atoms with Crippen molar-refractivity contribution in [3.63, 3.8) is 0 Å². The maximum Gasteiger partial charge on any atom is 0.333 e. The smallest absolute Gasteiger partial charge is 0.333 e. The lowest BCUT2D eigenvalue weighted by atomic mass is 10.1. The van der Waals surface area contributed by atoms with Gasteiger partial charge in [-0.25, -0.2) is 18.2 Å². The van der Waals surface area contributed by atoms with E-state index in [1.165, 1.54) is 18.2 Å². The first kappa shape index (κ1) is 13.4. The van der Waals surface area contributed by atoms with Crippen LogP contribution in [0.2, 0.25) is 0 Å². The van der Waals surface area contributed by atoms with E-state index in [1.54, 1.807) is 0 Å². The molecule has 1 aromatic carbocycles. The number of rotatable bonds is 3. The van der Waals surface area contributed by atoms with Gasteiger partial charge in [0.15, 0.2) is 0 Å². The Labute approximate surface area is 107 Å². The van der Waals surface area contributed by atoms with E-state index < -0.39 is 16.6 Å². The third-order valence-electron chi connectivity index (χ3n) is 2.42. The molecule has 9 heteroatoms. The zero-order chi connectivity index (χ0) is 14.2. The number of anilines is 1. The molecule has 0 fully saturated rings. The fraction of sp³-hybridized carbons (Fsp3) is 0.100. The molecule has 6 nitrogen and oxygen atoms in total. The Bertz CT molecular complexity index is 712. The van der Waals surface area contributed by atoms with Gasteiger partial charge < -0.3 is 5.73 Å². The van der Waals surface area contributed by atoms with Gasteiger partial charge in [-0.05, 0) is 12.1 Å². The summed E-state index contributed by atoms with van der Waals surface area (Å²) in [6.07, 6.45) is 2.16. The maximum absolute atomic E-state index is 12.4. The molecule has 0 aliphatic heterocycles. The molecular weight excluding hydrogens is 278 g/mol. The third kappa shape index (κ3) is 2.71. The SMILES string of the molecule is Nc1ccc(-c2cnn(C(F)F)c2)c(S(N)(=O)=O)c1. The van der Waals surface area contributed by atoms with Crippen LogP contribution in [-0.4, -0.2) is 18.2 Å². The summed E-state index contributed by atoms with van der Waals surface area (Å²) in [5.41, 5.74) is 6.08. The molecule has 0 amide bonds. The van der Waals surface area contributed by atoms with Crippen LogP contribution in [0.1, 0.15) is 6.55 Å². The summed E-state index contributed by atoms with van der Waals surface area (Å²) >= 11 is 0. The van der Waals surface area contributed by atoms with Crippen molar-refractivity contribution in [2.45, 2.75) is 11.4 Å². The number of halogens is 2. The van der Waals surface area contributed by atoms with E-state index in [1.807, 2.05) is 0 Å². The van der Waals surface area contributed by atoms with Crippen LogP contribution >= 0.6 is 0 Å². The van der Waals surface area contributed by atoms with Crippen LogP contribution in [0.15, 0.2) is 35.5 Å². The van der Waals surface area contributed by atoms with Crippen LogP contribution < -0.4 is 10.9 Å². The van der Waals surface area contributed by atoms with E-state index >= 15 is 0 Å². The first-order valence-electron chi connectivity index (χ1n) is 5.04. The minimum Gasteiger partial charge on any atom is -0.399 e. The number of nitrogen functional groups attached to an aromatic ring is 1. The molecule has 102 valence electrons. The Hall–Kier alpha value is -2.00. The van der Waals surface area contributed by atoms with Gasteiger partial charge in [0.1, 0.15) is 0 Å². The van der Waals surface area contributed by atoms with Crippen LogP contribution in [0.5, 0.6) is 0 Å². The highest BCUT2D eigenvalue weighted by molar-refractivity contribution is 7.89. The molecule has 0 atom stereocenters. The van der Waals surface area contributed by atoms with Gasteiger partial charge in [0.05, 0.1) is 11.1 Å². The summed E-state index contributed by atoms with van der Waals surface area (Å²) in [6.45, 7) is -2.81. The normalized spacial score (nSPS) is 12.0. The molecule has 1 aromatic heterocycles. The fourth-order valence-electron chi connectivity index (χ4n) is 1.60. The monoisotopic (exact) mass is 288 g/mol. The van der Waals surface area contributed by atoms with Gasteiger partial charge in [-0.3, -0.25) is 0 Å². The number of aromatic nitrogens is 2. The average molecular weight is 288 g/mol. The molecule has 0 saturated heterocycles. The lowest BCUT2D eigenvalue weighted by Gasteiger charge is -2.06. The predicted octanol–water partition coefficient (Wildman–Crippen LogP) is 1.17. The molecule has 0 radical (unpaired) electrons. The highest BCUT2D eigenvalue weighted by atomic mass is 32.2. The molecule has 1 heterocycles. The topological polar surface area (TPSA) is 104 Å². The lowest BCUT2D eigenvalue weighted by Crippen LogP contribution is -2.13. The second-order valence-electron chi connectivity index (χ2n) is 3.79. The molecule has 0 unspecified atom stereocenters. The number of primary sulfonamides is 1. The molecule has 0 aliphatic rings. The van der Waals surface area contributed by atoms with E-state index in [0.717, 1.165) is 12.4 Å². The van der Waals surface area contributed by atoms with Crippen LogP contribution in [0.4, 0.5) is 14.5 Å². The summed E-state index contributed by atoms with van der Waals surface area (Å²) in [7, 11) is -4.02. The molecule has 0 spiro atoms. The Morgan fingerprint density at radius 2 is 2.00 bits per heavy atom. The molecule has 2 rings (SSSR count). The van der Waals surface area contributed by atoms with E-state index in [0.29, 0.717) is 4.68 Å². The second-order valence-corrected chi connectivity index (χ2v) is 5.32. The number of alkyl halides is 2. The largest absolute Gasteiger partial charge is 0.399 e. The number of hydrogen-bond acceptors (Lipinski definition) is 4. The molecular formula is C10H10F2N4O2S. The molecule has 4 N–H and O–H groups in total. The van der Waals surface area contributed by atoms with Crippen molar-refractivity contribution in [1.82, 2.24) is 9.78 Å². The van der Waals surface area contributed by atoms with Gasteiger partial charge >= 0.3 is 6.55 Å². The molecule has 0 aliphatic carbocycles. The van der Waals surface area contributed by atoms with Crippen molar-refractivity contribution in [3.05, 3.63) is 30.6 Å². The van der Waals surface area contributed by atoms with E-state index in [4.69, 9.17) is 10.9 Å². The first-order valence-corrected chi connectivity index (χ1v) is 6.58. The highest BCUT2D eigenvalue weighted by Gasteiger charge is 2.18. The number of benzene rings is 1. The lowest BCUT2D eigenvalue weighted by molar-refractivity contribution is 0.0566. The van der Waals surface area contributed by atoms with Crippen molar-refractivity contribution in [3.8, 4) is 11.1 Å². The standard InChI is InChI=1S/C10H10F2N4O2S/c11-10(12)16-5-6(4-15-16)8-2-1-7(13)3-9(8)19(14,17)18/h1-5,10H,13H2,(H2,14,17,18). The third-order valence-corrected chi connectivity index (χ3v) is 3.38. The maximum atomic E-state index is 12.4. The van der Waals surface area contributed by atoms with Gasteiger partial charge in [0.25, 0.3) is 0 Å². The van der Waals surface area contributed by atoms with Crippen molar-refractivity contribution in [2.24, 2.45) is 5.14 Å². The quantitative estimate of drug-likeness (QED) is 0.827. The minimum absolute atomic E-state index is 0.170. The Kier molecular flexibility index (Phi) is 3.25. The summed E-state index contributed by atoms with van der Waals surface area (Å²) in [5, 5.41) is 8.51. The van der Waals surface area contributed by atoms with Crippen molar-refractivity contribution >= 4 is 15.7 Å². The first-order chi connectivity index (χ1) is 8.79. The summed E-state index contributed by atoms with van der Waals surface area (Å²) < 4.78 is 48.2. The van der Waals surface area contributed by atoms with Crippen LogP contribution in [-0.2, 0) is 10.0 Å². The number of hydrogen-bond donors (Lipinski definition) is 2. The van der Waals surface area contributed by atoms with Crippen molar-refractivity contribution < 1.29 is 17.2 Å². The second kappa shape index (κ2) is 4.59. The van der Waals surface area contributed by atoms with Gasteiger partial charge in [0, 0.05) is 23.0 Å². The molecule has 0 saturated carbocycles. The summed E-state index contributed by atoms with van der Waals surface area (Å²) in [4.78, 5) is -0.235. The predicted molar refractivity (Wildman–Crippen MR) is 64.7 cm³/mol. The van der Waals surface area contributed by atoms with Crippen LogP contribution in [0.25, 0.3) is 11.1 Å². The van der Waals surface area contributed by atoms with Crippen LogP contribution in [0, 0.1) is 0 Å². The fourth-order valence-corrected chi connectivity index (χ4v) is 2.39. The Morgan fingerprint density at radius 1 is 1.32 bits per heavy atom. The van der Waals surface area contributed by atoms with Crippen LogP contribution in [0.3, 0.4) is 0 Å².